The van der Waals surface area contributed by atoms with Crippen LogP contribution in [0.3, 0.4) is 0 Å². The maximum Gasteiger partial charge on any atom is 0.248 e. The molecule has 2 aromatic rings. The minimum Gasteiger partial charge on any atom is -0.324 e. The van der Waals surface area contributed by atoms with Gasteiger partial charge in [0.25, 0.3) is 0 Å². The Balaban J connectivity index is 1.83. The summed E-state index contributed by atoms with van der Waals surface area (Å²) in [4.78, 5) is 25.3. The van der Waals surface area contributed by atoms with Gasteiger partial charge in [-0.3, -0.25) is 9.78 Å². The molecular weight excluding hydrogens is 366 g/mol. The molecule has 1 amide bonds. The summed E-state index contributed by atoms with van der Waals surface area (Å²) in [5, 5.41) is 2.80. The Morgan fingerprint density at radius 1 is 1.26 bits per heavy atom. The molecule has 9 heteroatoms. The number of hydrogen-bond donors (Lipinski definition) is 1. The number of nitrogens with one attached hydrogen (secondary N) is 1. The zero-order valence-electron chi connectivity index (χ0n) is 15.6. The summed E-state index contributed by atoms with van der Waals surface area (Å²) in [5.74, 6) is 0.558. The van der Waals surface area contributed by atoms with Gasteiger partial charge in [0.05, 0.1) is 30.2 Å². The van der Waals surface area contributed by atoms with Crippen LogP contribution in [0.1, 0.15) is 50.8 Å². The minimum atomic E-state index is -3.41. The number of nitrogens with zero attached hydrogens (tertiary/aromatic N) is 4. The first-order valence-corrected chi connectivity index (χ1v) is 10.9. The number of aromatic nitrogens is 4. The van der Waals surface area contributed by atoms with Crippen LogP contribution in [0.25, 0.3) is 0 Å². The Kier molecular flexibility index (Phi) is 5.88. The molecule has 0 bridgehead atoms. The van der Waals surface area contributed by atoms with E-state index in [1.807, 2.05) is 6.92 Å². The van der Waals surface area contributed by atoms with Crippen molar-refractivity contribution in [3.8, 4) is 0 Å². The largest absolute Gasteiger partial charge is 0.324 e. The number of anilines is 1. The van der Waals surface area contributed by atoms with Gasteiger partial charge in [-0.1, -0.05) is 32.6 Å². The Hall–Kier alpha value is -2.29. The molecule has 1 atom stereocenters. The van der Waals surface area contributed by atoms with Crippen molar-refractivity contribution in [2.24, 2.45) is 5.92 Å². The van der Waals surface area contributed by atoms with Crippen molar-refractivity contribution >= 4 is 21.6 Å². The second-order valence-electron chi connectivity index (χ2n) is 7.00. The summed E-state index contributed by atoms with van der Waals surface area (Å²) in [5.41, 5.74) is 0.763. The molecular formula is C18H25N5O3S. The van der Waals surface area contributed by atoms with Gasteiger partial charge in [-0.15, -0.1) is 0 Å². The normalized spacial score (nSPS) is 16.4. The van der Waals surface area contributed by atoms with Gasteiger partial charge in [0, 0.05) is 6.20 Å². The number of carbonyl (C=O) groups is 1. The second kappa shape index (κ2) is 8.16. The van der Waals surface area contributed by atoms with Crippen LogP contribution < -0.4 is 5.32 Å². The van der Waals surface area contributed by atoms with E-state index in [2.05, 4.69) is 20.3 Å². The van der Waals surface area contributed by atoms with Crippen LogP contribution in [-0.2, 0) is 14.6 Å². The number of carbonyl (C=O) groups excluding carboxylic acids is 1. The molecule has 1 unspecified atom stereocenters. The Morgan fingerprint density at radius 2 is 2.00 bits per heavy atom. The number of amides is 1. The SMILES string of the molecule is CCS(=O)(=O)c1cn(C(CC2CCCC2)C(=O)Nc2cnc(C)cn2)cn1. The second-order valence-corrected chi connectivity index (χ2v) is 9.22. The van der Waals surface area contributed by atoms with Crippen LogP contribution in [0, 0.1) is 12.8 Å². The van der Waals surface area contributed by atoms with E-state index in [4.69, 9.17) is 0 Å². The molecule has 1 N–H and O–H groups in total. The highest BCUT2D eigenvalue weighted by Crippen LogP contribution is 2.32. The lowest BCUT2D eigenvalue weighted by Gasteiger charge is -2.21. The van der Waals surface area contributed by atoms with Gasteiger partial charge < -0.3 is 9.88 Å². The summed E-state index contributed by atoms with van der Waals surface area (Å²) < 4.78 is 25.8. The highest BCUT2D eigenvalue weighted by molar-refractivity contribution is 7.91. The van der Waals surface area contributed by atoms with Gasteiger partial charge in [-0.05, 0) is 19.3 Å². The zero-order chi connectivity index (χ0) is 19.4. The van der Waals surface area contributed by atoms with Crippen molar-refractivity contribution in [3.05, 3.63) is 30.6 Å². The zero-order valence-corrected chi connectivity index (χ0v) is 16.4. The lowest BCUT2D eigenvalue weighted by Crippen LogP contribution is -2.27. The number of aryl methyl sites for hydroxylation is 1. The molecule has 1 aliphatic rings. The van der Waals surface area contributed by atoms with E-state index >= 15 is 0 Å². The summed E-state index contributed by atoms with van der Waals surface area (Å²) in [7, 11) is -3.41. The van der Waals surface area contributed by atoms with E-state index in [1.54, 1.807) is 17.7 Å². The van der Waals surface area contributed by atoms with Crippen molar-refractivity contribution in [1.82, 2.24) is 19.5 Å². The average molecular weight is 391 g/mol. The molecule has 0 saturated heterocycles. The van der Waals surface area contributed by atoms with Crippen LogP contribution in [0.4, 0.5) is 5.82 Å². The average Bonchev–Trinajstić information content (AvgIpc) is 3.33. The summed E-state index contributed by atoms with van der Waals surface area (Å²) in [6, 6.07) is -0.537. The lowest BCUT2D eigenvalue weighted by atomic mass is 9.97. The maximum atomic E-state index is 12.9. The molecule has 146 valence electrons. The van der Waals surface area contributed by atoms with Crippen LogP contribution in [0.5, 0.6) is 0 Å². The fourth-order valence-electron chi connectivity index (χ4n) is 3.39. The molecule has 8 nitrogen and oxygen atoms in total. The fraction of sp³-hybridized carbons (Fsp3) is 0.556. The molecule has 2 heterocycles. The molecule has 1 aliphatic carbocycles. The first-order valence-electron chi connectivity index (χ1n) is 9.25. The number of sulfone groups is 1. The maximum absolute atomic E-state index is 12.9. The van der Waals surface area contributed by atoms with Crippen molar-refractivity contribution < 1.29 is 13.2 Å². The van der Waals surface area contributed by atoms with E-state index in [0.717, 1.165) is 18.5 Å². The van der Waals surface area contributed by atoms with Crippen molar-refractivity contribution in [2.45, 2.75) is 57.0 Å². The summed E-state index contributed by atoms with van der Waals surface area (Å²) >= 11 is 0. The molecule has 0 spiro atoms. The number of imidazole rings is 1. The molecule has 27 heavy (non-hydrogen) atoms. The highest BCUT2D eigenvalue weighted by atomic mass is 32.2. The third kappa shape index (κ3) is 4.71. The molecule has 1 fully saturated rings. The standard InChI is InChI=1S/C18H25N5O3S/c1-3-27(25,26)17-11-23(12-21-17)15(8-14-6-4-5-7-14)18(24)22-16-10-19-13(2)9-20-16/h9-12,14-15H,3-8H2,1-2H3,(H,20,22,24). The molecule has 0 aliphatic heterocycles. The van der Waals surface area contributed by atoms with Gasteiger partial charge >= 0.3 is 0 Å². The van der Waals surface area contributed by atoms with E-state index in [9.17, 15) is 13.2 Å². The van der Waals surface area contributed by atoms with E-state index in [0.29, 0.717) is 18.2 Å². The molecule has 1 saturated carbocycles. The number of rotatable bonds is 7. The van der Waals surface area contributed by atoms with Gasteiger partial charge in [0.1, 0.15) is 6.04 Å². The van der Waals surface area contributed by atoms with Gasteiger partial charge in [0.2, 0.25) is 5.91 Å². The van der Waals surface area contributed by atoms with Gasteiger partial charge in [0.15, 0.2) is 20.7 Å². The van der Waals surface area contributed by atoms with Crippen LogP contribution >= 0.6 is 0 Å². The predicted octanol–water partition coefficient (Wildman–Crippen LogP) is 2.54. The van der Waals surface area contributed by atoms with Crippen molar-refractivity contribution in [2.75, 3.05) is 11.1 Å². The first kappa shape index (κ1) is 19.5. The van der Waals surface area contributed by atoms with Crippen LogP contribution in [-0.4, -0.2) is 39.6 Å². The van der Waals surface area contributed by atoms with Gasteiger partial charge in [-0.2, -0.15) is 0 Å². The van der Waals surface area contributed by atoms with Crippen LogP contribution in [0.2, 0.25) is 0 Å². The van der Waals surface area contributed by atoms with E-state index in [-0.39, 0.29) is 16.7 Å². The third-order valence-electron chi connectivity index (χ3n) is 5.00. The monoisotopic (exact) mass is 391 g/mol. The first-order chi connectivity index (χ1) is 12.9. The summed E-state index contributed by atoms with van der Waals surface area (Å²) in [6.45, 7) is 3.40. The van der Waals surface area contributed by atoms with Crippen molar-refractivity contribution in [3.63, 3.8) is 0 Å². The number of hydrogen-bond acceptors (Lipinski definition) is 6. The van der Waals surface area contributed by atoms with E-state index in [1.165, 1.54) is 31.6 Å². The Morgan fingerprint density at radius 3 is 2.63 bits per heavy atom. The molecule has 0 aromatic carbocycles. The topological polar surface area (TPSA) is 107 Å². The summed E-state index contributed by atoms with van der Waals surface area (Å²) in [6.07, 6.45) is 11.1. The molecule has 0 radical (unpaired) electrons. The lowest BCUT2D eigenvalue weighted by molar-refractivity contribution is -0.119. The predicted molar refractivity (Wildman–Crippen MR) is 101 cm³/mol. The van der Waals surface area contributed by atoms with Crippen molar-refractivity contribution in [1.29, 1.82) is 0 Å². The van der Waals surface area contributed by atoms with E-state index < -0.39 is 15.9 Å². The Labute approximate surface area is 159 Å². The highest BCUT2D eigenvalue weighted by Gasteiger charge is 2.28. The Bertz CT molecular complexity index is 886. The quantitative estimate of drug-likeness (QED) is 0.777. The fourth-order valence-corrected chi connectivity index (χ4v) is 4.18. The smallest absolute Gasteiger partial charge is 0.248 e. The van der Waals surface area contributed by atoms with Crippen LogP contribution in [0.15, 0.2) is 29.9 Å². The van der Waals surface area contributed by atoms with Gasteiger partial charge in [-0.25, -0.2) is 18.4 Å². The third-order valence-corrected chi connectivity index (χ3v) is 6.61. The molecule has 3 rings (SSSR count). The minimum absolute atomic E-state index is 0.00403. The molecule has 2 aromatic heterocycles.